The first-order valence-corrected chi connectivity index (χ1v) is 10.9. The van der Waals surface area contributed by atoms with Crippen LogP contribution in [0.3, 0.4) is 0 Å². The molecule has 0 atom stereocenters. The number of anilines is 2. The Morgan fingerprint density at radius 3 is 2.50 bits per heavy atom. The lowest BCUT2D eigenvalue weighted by molar-refractivity contribution is -0.116. The van der Waals surface area contributed by atoms with Crippen LogP contribution in [0.1, 0.15) is 11.4 Å². The van der Waals surface area contributed by atoms with E-state index in [1.165, 1.54) is 0 Å². The summed E-state index contributed by atoms with van der Waals surface area (Å²) in [5.41, 5.74) is 3.56. The molecule has 0 aliphatic rings. The number of aromatic nitrogens is 3. The molecule has 0 saturated heterocycles. The van der Waals surface area contributed by atoms with Crippen LogP contribution in [-0.4, -0.2) is 20.3 Å². The summed E-state index contributed by atoms with van der Waals surface area (Å²) in [6.07, 6.45) is 0. The number of hydrogen-bond acceptors (Lipinski definition) is 4. The van der Waals surface area contributed by atoms with Crippen LogP contribution < -0.4 is 10.6 Å². The van der Waals surface area contributed by atoms with E-state index in [0.29, 0.717) is 22.2 Å². The SMILES string of the molecule is Cc1cccc(NC(=O)Cn2nc(CNc3cccc(Cl)c3)n(-c3ccccc3)c2=S)c1. The van der Waals surface area contributed by atoms with Crippen LogP contribution >= 0.6 is 23.8 Å². The molecule has 1 heterocycles. The zero-order valence-corrected chi connectivity index (χ0v) is 19.0. The molecule has 0 aliphatic carbocycles. The molecule has 1 aromatic heterocycles. The standard InChI is InChI=1S/C24H22ClN5OS/c1-17-7-5-10-20(13-17)27-23(31)16-29-24(32)30(21-11-3-2-4-12-21)22(28-29)15-26-19-9-6-8-18(25)14-19/h2-14,26H,15-16H2,1H3,(H,27,31). The van der Waals surface area contributed by atoms with Gasteiger partial charge < -0.3 is 10.6 Å². The average Bonchev–Trinajstić information content (AvgIpc) is 3.08. The van der Waals surface area contributed by atoms with Gasteiger partial charge in [-0.3, -0.25) is 9.36 Å². The van der Waals surface area contributed by atoms with Crippen molar-refractivity contribution in [1.29, 1.82) is 0 Å². The molecule has 0 aliphatic heterocycles. The molecule has 162 valence electrons. The Morgan fingerprint density at radius 1 is 1.00 bits per heavy atom. The zero-order valence-electron chi connectivity index (χ0n) is 17.5. The van der Waals surface area contributed by atoms with Crippen molar-refractivity contribution >= 4 is 41.1 Å². The van der Waals surface area contributed by atoms with Gasteiger partial charge in [0, 0.05) is 22.1 Å². The summed E-state index contributed by atoms with van der Waals surface area (Å²) in [5, 5.41) is 11.5. The summed E-state index contributed by atoms with van der Waals surface area (Å²) >= 11 is 11.8. The number of amides is 1. The van der Waals surface area contributed by atoms with Crippen LogP contribution in [0.4, 0.5) is 11.4 Å². The largest absolute Gasteiger partial charge is 0.378 e. The molecule has 32 heavy (non-hydrogen) atoms. The number of hydrogen-bond donors (Lipinski definition) is 2. The molecular formula is C24H22ClN5OS. The van der Waals surface area contributed by atoms with Gasteiger partial charge in [-0.2, -0.15) is 5.10 Å². The number of nitrogens with zero attached hydrogens (tertiary/aromatic N) is 3. The average molecular weight is 464 g/mol. The molecule has 8 heteroatoms. The van der Waals surface area contributed by atoms with E-state index in [2.05, 4.69) is 15.7 Å². The predicted octanol–water partition coefficient (Wildman–Crippen LogP) is 5.62. The number of benzene rings is 3. The second-order valence-corrected chi connectivity index (χ2v) is 8.11. The van der Waals surface area contributed by atoms with Crippen molar-refractivity contribution in [2.45, 2.75) is 20.0 Å². The molecule has 1 amide bonds. The molecule has 0 fully saturated rings. The van der Waals surface area contributed by atoms with Crippen LogP contribution in [-0.2, 0) is 17.9 Å². The van der Waals surface area contributed by atoms with Crippen molar-refractivity contribution in [3.05, 3.63) is 100 Å². The van der Waals surface area contributed by atoms with Gasteiger partial charge in [-0.05, 0) is 67.2 Å². The summed E-state index contributed by atoms with van der Waals surface area (Å²) in [4.78, 5) is 12.7. The van der Waals surface area contributed by atoms with Crippen LogP contribution in [0.2, 0.25) is 5.02 Å². The maximum absolute atomic E-state index is 12.7. The summed E-state index contributed by atoms with van der Waals surface area (Å²) in [7, 11) is 0. The highest BCUT2D eigenvalue weighted by Gasteiger charge is 2.15. The predicted molar refractivity (Wildman–Crippen MR) is 131 cm³/mol. The monoisotopic (exact) mass is 463 g/mol. The minimum absolute atomic E-state index is 0.0107. The normalized spacial score (nSPS) is 10.7. The maximum Gasteiger partial charge on any atom is 0.246 e. The van der Waals surface area contributed by atoms with Gasteiger partial charge in [-0.15, -0.1) is 0 Å². The van der Waals surface area contributed by atoms with Crippen molar-refractivity contribution in [1.82, 2.24) is 14.3 Å². The first-order valence-electron chi connectivity index (χ1n) is 10.1. The van der Waals surface area contributed by atoms with Crippen LogP contribution in [0, 0.1) is 11.7 Å². The highest BCUT2D eigenvalue weighted by atomic mass is 35.5. The van der Waals surface area contributed by atoms with E-state index >= 15 is 0 Å². The lowest BCUT2D eigenvalue weighted by atomic mass is 10.2. The van der Waals surface area contributed by atoms with E-state index in [9.17, 15) is 4.79 Å². The molecular weight excluding hydrogens is 442 g/mol. The number of rotatable bonds is 7. The van der Waals surface area contributed by atoms with Crippen molar-refractivity contribution in [3.63, 3.8) is 0 Å². The van der Waals surface area contributed by atoms with Crippen LogP contribution in [0.15, 0.2) is 78.9 Å². The Balaban J connectivity index is 1.60. The van der Waals surface area contributed by atoms with E-state index < -0.39 is 0 Å². The Labute approximate surface area is 196 Å². The first kappa shape index (κ1) is 21.8. The van der Waals surface area contributed by atoms with Gasteiger partial charge in [0.2, 0.25) is 10.7 Å². The maximum atomic E-state index is 12.7. The topological polar surface area (TPSA) is 63.9 Å². The third-order valence-electron chi connectivity index (χ3n) is 4.79. The second kappa shape index (κ2) is 9.80. The van der Waals surface area contributed by atoms with E-state index in [-0.39, 0.29) is 12.5 Å². The van der Waals surface area contributed by atoms with Crippen LogP contribution in [0.5, 0.6) is 0 Å². The molecule has 0 radical (unpaired) electrons. The number of carbonyl (C=O) groups is 1. The van der Waals surface area contributed by atoms with Crippen LogP contribution in [0.25, 0.3) is 5.69 Å². The lowest BCUT2D eigenvalue weighted by Crippen LogP contribution is -2.20. The number of halogens is 1. The van der Waals surface area contributed by atoms with E-state index in [0.717, 1.165) is 22.6 Å². The minimum Gasteiger partial charge on any atom is -0.378 e. The quantitative estimate of drug-likeness (QED) is 0.349. The molecule has 4 aromatic rings. The van der Waals surface area contributed by atoms with Gasteiger partial charge in [-0.1, -0.05) is 48.0 Å². The Bertz CT molecular complexity index is 1300. The van der Waals surface area contributed by atoms with E-state index in [1.807, 2.05) is 90.4 Å². The molecule has 0 unspecified atom stereocenters. The van der Waals surface area contributed by atoms with Gasteiger partial charge in [0.15, 0.2) is 5.82 Å². The van der Waals surface area contributed by atoms with Gasteiger partial charge in [0.1, 0.15) is 6.54 Å². The molecule has 3 aromatic carbocycles. The molecule has 0 spiro atoms. The fourth-order valence-electron chi connectivity index (χ4n) is 3.35. The van der Waals surface area contributed by atoms with Gasteiger partial charge >= 0.3 is 0 Å². The Kier molecular flexibility index (Phi) is 6.68. The van der Waals surface area contributed by atoms with Crippen molar-refractivity contribution < 1.29 is 4.79 Å². The van der Waals surface area contributed by atoms with Gasteiger partial charge in [-0.25, -0.2) is 4.68 Å². The third-order valence-corrected chi connectivity index (χ3v) is 5.42. The highest BCUT2D eigenvalue weighted by Crippen LogP contribution is 2.18. The molecule has 6 nitrogen and oxygen atoms in total. The summed E-state index contributed by atoms with van der Waals surface area (Å²) < 4.78 is 3.86. The summed E-state index contributed by atoms with van der Waals surface area (Å²) in [6.45, 7) is 2.40. The zero-order chi connectivity index (χ0) is 22.5. The fraction of sp³-hybridized carbons (Fsp3) is 0.125. The molecule has 0 bridgehead atoms. The second-order valence-electron chi connectivity index (χ2n) is 7.31. The minimum atomic E-state index is -0.196. The first-order chi connectivity index (χ1) is 15.5. The third kappa shape index (κ3) is 5.25. The molecule has 0 saturated carbocycles. The van der Waals surface area contributed by atoms with E-state index in [4.69, 9.17) is 23.8 Å². The number of nitrogens with one attached hydrogen (secondary N) is 2. The number of para-hydroxylation sites is 1. The van der Waals surface area contributed by atoms with Crippen molar-refractivity contribution in [3.8, 4) is 5.69 Å². The van der Waals surface area contributed by atoms with Gasteiger partial charge in [0.05, 0.1) is 6.54 Å². The lowest BCUT2D eigenvalue weighted by Gasteiger charge is -2.09. The number of carbonyl (C=O) groups excluding carboxylic acids is 1. The van der Waals surface area contributed by atoms with Crippen molar-refractivity contribution in [2.75, 3.05) is 10.6 Å². The molecule has 4 rings (SSSR count). The number of aryl methyl sites for hydroxylation is 1. The van der Waals surface area contributed by atoms with Crippen molar-refractivity contribution in [2.24, 2.45) is 0 Å². The van der Waals surface area contributed by atoms with E-state index in [1.54, 1.807) is 4.68 Å². The molecule has 2 N–H and O–H groups in total. The Hall–Kier alpha value is -3.42. The van der Waals surface area contributed by atoms with Gasteiger partial charge in [0.25, 0.3) is 0 Å². The summed E-state index contributed by atoms with van der Waals surface area (Å²) in [5.74, 6) is 0.489. The Morgan fingerprint density at radius 2 is 1.75 bits per heavy atom. The highest BCUT2D eigenvalue weighted by molar-refractivity contribution is 7.71. The smallest absolute Gasteiger partial charge is 0.246 e. The fourth-order valence-corrected chi connectivity index (χ4v) is 3.85. The summed E-state index contributed by atoms with van der Waals surface area (Å²) in [6, 6.07) is 24.9.